The molecule has 14 heavy (non-hydrogen) atoms. The summed E-state index contributed by atoms with van der Waals surface area (Å²) in [5.74, 6) is 0.322. The van der Waals surface area contributed by atoms with E-state index in [4.69, 9.17) is 5.11 Å². The number of hydrogen-bond acceptors (Lipinski definition) is 1. The fourth-order valence-electron chi connectivity index (χ4n) is 0.855. The van der Waals surface area contributed by atoms with Crippen LogP contribution in [-0.2, 0) is 25.8 Å². The quantitative estimate of drug-likeness (QED) is 0.611. The maximum absolute atomic E-state index is 8.63. The van der Waals surface area contributed by atoms with Crippen molar-refractivity contribution in [1.82, 2.24) is 0 Å². The van der Waals surface area contributed by atoms with Crippen molar-refractivity contribution < 1.29 is 30.9 Å². The van der Waals surface area contributed by atoms with Crippen LogP contribution in [0, 0.1) is 6.92 Å². The van der Waals surface area contributed by atoms with Gasteiger partial charge in [0, 0.05) is 25.8 Å². The fraction of sp³-hybridized carbons (Fsp3) is 0.417. The van der Waals surface area contributed by atoms with Gasteiger partial charge in [-0.1, -0.05) is 44.4 Å². The molecule has 1 rings (SSSR count). The molecule has 0 saturated carbocycles. The van der Waals surface area contributed by atoms with E-state index in [0.29, 0.717) is 5.75 Å². The zero-order valence-corrected chi connectivity index (χ0v) is 10.7. The molecule has 2 heteroatoms. The van der Waals surface area contributed by atoms with Crippen molar-refractivity contribution in [2.24, 2.45) is 0 Å². The number of para-hydroxylation sites is 1. The molecule has 1 aromatic carbocycles. The third-order valence-electron chi connectivity index (χ3n) is 1.61. The Kier molecular flexibility index (Phi) is 15.0. The van der Waals surface area contributed by atoms with Gasteiger partial charge in [-0.15, -0.1) is 0 Å². The third kappa shape index (κ3) is 11.9. The van der Waals surface area contributed by atoms with E-state index in [1.54, 1.807) is 24.3 Å². The molecule has 0 spiro atoms. The Hall–Kier alpha value is -0.110. The van der Waals surface area contributed by atoms with E-state index in [-0.39, 0.29) is 25.8 Å². The van der Waals surface area contributed by atoms with Crippen LogP contribution in [0.3, 0.4) is 0 Å². The molecule has 1 aromatic rings. The van der Waals surface area contributed by atoms with Crippen molar-refractivity contribution >= 4 is 0 Å². The second-order valence-electron chi connectivity index (χ2n) is 2.90. The Bertz CT molecular complexity index is 183. The number of benzene rings is 1. The van der Waals surface area contributed by atoms with E-state index < -0.39 is 0 Å². The molecule has 0 aliphatic rings. The number of rotatable bonds is 3. The summed E-state index contributed by atoms with van der Waals surface area (Å²) in [5, 5.41) is 8.63. The molecule has 0 heterocycles. The largest absolute Gasteiger partial charge is 0.508 e. The van der Waals surface area contributed by atoms with Crippen LogP contribution in [0.4, 0.5) is 0 Å². The van der Waals surface area contributed by atoms with Crippen LogP contribution in [0.15, 0.2) is 30.3 Å². The Morgan fingerprint density at radius 3 is 1.93 bits per heavy atom. The van der Waals surface area contributed by atoms with E-state index in [1.165, 1.54) is 19.3 Å². The summed E-state index contributed by atoms with van der Waals surface area (Å²) in [6.45, 7) is 5.93. The van der Waals surface area contributed by atoms with Crippen LogP contribution in [0.1, 0.15) is 32.6 Å². The van der Waals surface area contributed by atoms with Gasteiger partial charge in [-0.25, -0.2) is 0 Å². The van der Waals surface area contributed by atoms with Gasteiger partial charge in [-0.3, -0.25) is 0 Å². The predicted molar refractivity (Wildman–Crippen MR) is 57.6 cm³/mol. The van der Waals surface area contributed by atoms with Crippen LogP contribution in [0.5, 0.6) is 5.75 Å². The van der Waals surface area contributed by atoms with Gasteiger partial charge < -0.3 is 12.0 Å². The van der Waals surface area contributed by atoms with Gasteiger partial charge in [0.2, 0.25) is 0 Å². The van der Waals surface area contributed by atoms with Crippen molar-refractivity contribution in [1.29, 1.82) is 0 Å². The predicted octanol–water partition coefficient (Wildman–Crippen LogP) is 3.79. The molecule has 0 saturated heterocycles. The molecule has 1 N–H and O–H groups in total. The first-order valence-corrected chi connectivity index (χ1v) is 4.84. The van der Waals surface area contributed by atoms with Crippen molar-refractivity contribution in [3.63, 3.8) is 0 Å². The molecule has 77 valence electrons. The fourth-order valence-corrected chi connectivity index (χ4v) is 0.855. The molecule has 1 nitrogen and oxygen atoms in total. The molecule has 0 aliphatic carbocycles. The first-order valence-electron chi connectivity index (χ1n) is 4.84. The summed E-state index contributed by atoms with van der Waals surface area (Å²) in [5.41, 5.74) is 0. The summed E-state index contributed by atoms with van der Waals surface area (Å²) in [6.07, 6.45) is 5.07. The van der Waals surface area contributed by atoms with Gasteiger partial charge in [0.15, 0.2) is 0 Å². The molecular weight excluding hydrogens is 205 g/mol. The monoisotopic (exact) mass is 224 g/mol. The standard InChI is InChI=1S/C6H6O.C6H13.Sc/c7-6-4-2-1-3-5-6;1-3-5-6-4-2;/h1-5,7H;1,3-6H2,2H3;/q;-1;. The Balaban J connectivity index is 0. The number of phenols is 1. The molecule has 0 fully saturated rings. The minimum Gasteiger partial charge on any atom is -0.508 e. The van der Waals surface area contributed by atoms with E-state index in [1.807, 2.05) is 6.07 Å². The second-order valence-corrected chi connectivity index (χ2v) is 2.90. The minimum absolute atomic E-state index is 0. The summed E-state index contributed by atoms with van der Waals surface area (Å²) < 4.78 is 0. The van der Waals surface area contributed by atoms with E-state index in [2.05, 4.69) is 13.8 Å². The molecule has 0 bridgehead atoms. The Labute approximate surface area is 106 Å². The topological polar surface area (TPSA) is 20.2 Å². The van der Waals surface area contributed by atoms with Gasteiger partial charge in [0.25, 0.3) is 0 Å². The summed E-state index contributed by atoms with van der Waals surface area (Å²) in [6, 6.07) is 8.71. The number of hydrogen-bond donors (Lipinski definition) is 1. The van der Waals surface area contributed by atoms with Gasteiger partial charge >= 0.3 is 0 Å². The molecule has 0 unspecified atom stereocenters. The Morgan fingerprint density at radius 1 is 1.14 bits per heavy atom. The zero-order valence-electron chi connectivity index (χ0n) is 8.95. The van der Waals surface area contributed by atoms with Gasteiger partial charge in [0.05, 0.1) is 0 Å². The summed E-state index contributed by atoms with van der Waals surface area (Å²) in [4.78, 5) is 0. The van der Waals surface area contributed by atoms with Gasteiger partial charge in [0.1, 0.15) is 5.75 Å². The molecule has 0 aliphatic heterocycles. The van der Waals surface area contributed by atoms with Crippen LogP contribution >= 0.6 is 0 Å². The first-order chi connectivity index (χ1) is 6.31. The molecule has 0 amide bonds. The van der Waals surface area contributed by atoms with E-state index >= 15 is 0 Å². The van der Waals surface area contributed by atoms with Gasteiger partial charge in [-0.2, -0.15) is 6.42 Å². The normalized spacial score (nSPS) is 8.14. The van der Waals surface area contributed by atoms with Crippen LogP contribution in [0.25, 0.3) is 0 Å². The number of aromatic hydroxyl groups is 1. The van der Waals surface area contributed by atoms with Crippen molar-refractivity contribution in [3.05, 3.63) is 37.3 Å². The average molecular weight is 224 g/mol. The third-order valence-corrected chi connectivity index (χ3v) is 1.61. The Morgan fingerprint density at radius 2 is 1.71 bits per heavy atom. The number of phenolic OH excluding ortho intramolecular Hbond substituents is 1. The van der Waals surface area contributed by atoms with Crippen LogP contribution in [0.2, 0.25) is 0 Å². The van der Waals surface area contributed by atoms with Crippen molar-refractivity contribution in [2.75, 3.05) is 0 Å². The zero-order chi connectivity index (χ0) is 9.94. The molecular formula is C12H19OSc-. The summed E-state index contributed by atoms with van der Waals surface area (Å²) >= 11 is 0. The maximum atomic E-state index is 8.63. The first kappa shape index (κ1) is 16.3. The molecule has 0 atom stereocenters. The summed E-state index contributed by atoms with van der Waals surface area (Å²) in [7, 11) is 0. The molecule has 1 radical (unpaired) electrons. The SMILES string of the molecule is Oc1ccccc1.[CH2-]CCCCC.[Sc]. The minimum atomic E-state index is 0. The van der Waals surface area contributed by atoms with Crippen molar-refractivity contribution in [2.45, 2.75) is 32.6 Å². The second kappa shape index (κ2) is 12.9. The van der Waals surface area contributed by atoms with Gasteiger partial charge in [-0.05, 0) is 12.1 Å². The van der Waals surface area contributed by atoms with E-state index in [0.717, 1.165) is 6.42 Å². The van der Waals surface area contributed by atoms with Crippen LogP contribution < -0.4 is 0 Å². The number of unbranched alkanes of at least 4 members (excludes halogenated alkanes) is 3. The molecule has 0 aromatic heterocycles. The smallest absolute Gasteiger partial charge is 0.115 e. The van der Waals surface area contributed by atoms with Crippen LogP contribution in [-0.4, -0.2) is 5.11 Å². The average Bonchev–Trinajstić information content (AvgIpc) is 2.17. The maximum Gasteiger partial charge on any atom is 0.115 e. The van der Waals surface area contributed by atoms with Crippen molar-refractivity contribution in [3.8, 4) is 5.75 Å². The van der Waals surface area contributed by atoms with E-state index in [9.17, 15) is 0 Å².